The molecule has 0 aliphatic heterocycles. The van der Waals surface area contributed by atoms with E-state index in [9.17, 15) is 4.79 Å². The van der Waals surface area contributed by atoms with Crippen LogP contribution < -0.4 is 0 Å². The Bertz CT molecular complexity index is 479. The van der Waals surface area contributed by atoms with E-state index in [2.05, 4.69) is 22.0 Å². The molecule has 0 bridgehead atoms. The third kappa shape index (κ3) is 2.93. The average Bonchev–Trinajstić information content (AvgIpc) is 2.65. The Labute approximate surface area is 105 Å². The molecule has 0 saturated heterocycles. The van der Waals surface area contributed by atoms with Gasteiger partial charge in [0.05, 0.1) is 4.88 Å². The molecule has 4 heteroatoms. The van der Waals surface area contributed by atoms with Gasteiger partial charge in [0.2, 0.25) is 0 Å². The summed E-state index contributed by atoms with van der Waals surface area (Å²) >= 11 is 6.56. The minimum absolute atomic E-state index is 0.771. The highest BCUT2D eigenvalue weighted by Gasteiger charge is 2.01. The van der Waals surface area contributed by atoms with Crippen molar-refractivity contribution < 1.29 is 4.79 Å². The second kappa shape index (κ2) is 4.96. The molecule has 0 aliphatic rings. The topological polar surface area (TPSA) is 17.1 Å². The van der Waals surface area contributed by atoms with Crippen molar-refractivity contribution in [3.63, 3.8) is 0 Å². The Morgan fingerprint density at radius 3 is 2.80 bits per heavy atom. The van der Waals surface area contributed by atoms with Crippen molar-refractivity contribution in [2.45, 2.75) is 9.79 Å². The van der Waals surface area contributed by atoms with Crippen molar-refractivity contribution in [2.75, 3.05) is 0 Å². The summed E-state index contributed by atoms with van der Waals surface area (Å²) in [7, 11) is 0. The van der Waals surface area contributed by atoms with Gasteiger partial charge in [0.1, 0.15) is 0 Å². The van der Waals surface area contributed by atoms with Gasteiger partial charge in [-0.15, -0.1) is 11.3 Å². The number of carbonyl (C=O) groups is 1. The molecule has 1 aromatic heterocycles. The highest BCUT2D eigenvalue weighted by molar-refractivity contribution is 9.10. The van der Waals surface area contributed by atoms with Crippen LogP contribution in [0.15, 0.2) is 50.0 Å². The molecule has 0 amide bonds. The molecule has 0 atom stereocenters. The van der Waals surface area contributed by atoms with E-state index < -0.39 is 0 Å². The smallest absolute Gasteiger partial charge is 0.160 e. The molecule has 2 aromatic rings. The highest BCUT2D eigenvalue weighted by atomic mass is 79.9. The Balaban J connectivity index is 2.18. The fraction of sp³-hybridized carbons (Fsp3) is 0. The predicted molar refractivity (Wildman–Crippen MR) is 68.0 cm³/mol. The van der Waals surface area contributed by atoms with Crippen molar-refractivity contribution in [3.8, 4) is 0 Å². The van der Waals surface area contributed by atoms with Gasteiger partial charge >= 0.3 is 0 Å². The van der Waals surface area contributed by atoms with E-state index in [-0.39, 0.29) is 0 Å². The Kier molecular flexibility index (Phi) is 3.61. The summed E-state index contributed by atoms with van der Waals surface area (Å²) in [4.78, 5) is 13.6. The molecule has 0 spiro atoms. The van der Waals surface area contributed by atoms with Gasteiger partial charge in [0.15, 0.2) is 6.29 Å². The number of halogens is 1. The molecular weight excluding hydrogens is 292 g/mol. The number of hydrogen-bond acceptors (Lipinski definition) is 3. The molecule has 0 aliphatic carbocycles. The van der Waals surface area contributed by atoms with E-state index in [1.165, 1.54) is 16.2 Å². The summed E-state index contributed by atoms with van der Waals surface area (Å²) in [6.07, 6.45) is 0.885. The number of hydrogen-bond donors (Lipinski definition) is 0. The van der Waals surface area contributed by atoms with E-state index in [0.717, 1.165) is 20.5 Å². The molecule has 0 fully saturated rings. The van der Waals surface area contributed by atoms with E-state index in [0.29, 0.717) is 0 Å². The van der Waals surface area contributed by atoms with E-state index in [1.54, 1.807) is 11.8 Å². The van der Waals surface area contributed by atoms with Crippen LogP contribution in [0.5, 0.6) is 0 Å². The van der Waals surface area contributed by atoms with E-state index in [1.807, 2.05) is 29.6 Å². The van der Waals surface area contributed by atoms with Crippen LogP contribution in [0.1, 0.15) is 9.67 Å². The zero-order chi connectivity index (χ0) is 10.7. The van der Waals surface area contributed by atoms with Crippen LogP contribution in [-0.2, 0) is 0 Å². The second-order valence-corrected chi connectivity index (χ2v) is 5.87. The van der Waals surface area contributed by atoms with Crippen LogP contribution in [-0.4, -0.2) is 6.29 Å². The van der Waals surface area contributed by atoms with Gasteiger partial charge in [-0.25, -0.2) is 0 Å². The molecule has 2 rings (SSSR count). The highest BCUT2D eigenvalue weighted by Crippen LogP contribution is 2.31. The Morgan fingerprint density at radius 1 is 1.27 bits per heavy atom. The normalized spacial score (nSPS) is 10.2. The molecule has 0 N–H and O–H groups in total. The van der Waals surface area contributed by atoms with Gasteiger partial charge < -0.3 is 0 Å². The third-order valence-corrected chi connectivity index (χ3v) is 4.21. The summed E-state index contributed by atoms with van der Waals surface area (Å²) in [6, 6.07) is 10.0. The first-order valence-corrected chi connectivity index (χ1v) is 6.74. The second-order valence-electron chi connectivity index (χ2n) is 2.86. The number of rotatable bonds is 3. The maximum atomic E-state index is 10.5. The molecular formula is C11H7BrOS2. The lowest BCUT2D eigenvalue weighted by atomic mass is 10.4. The maximum absolute atomic E-state index is 10.5. The van der Waals surface area contributed by atoms with Gasteiger partial charge in [-0.2, -0.15) is 0 Å². The van der Waals surface area contributed by atoms with Crippen LogP contribution in [0.4, 0.5) is 0 Å². The minimum Gasteiger partial charge on any atom is -0.297 e. The molecule has 1 heterocycles. The summed E-state index contributed by atoms with van der Waals surface area (Å²) in [5, 5.41) is 2.00. The number of thiophene rings is 1. The van der Waals surface area contributed by atoms with Crippen LogP contribution in [0, 0.1) is 0 Å². The van der Waals surface area contributed by atoms with Crippen molar-refractivity contribution in [2.24, 2.45) is 0 Å². The largest absolute Gasteiger partial charge is 0.297 e. The van der Waals surface area contributed by atoms with Crippen molar-refractivity contribution in [1.29, 1.82) is 0 Å². The number of benzene rings is 1. The lowest BCUT2D eigenvalue weighted by molar-refractivity contribution is 0.112. The fourth-order valence-corrected chi connectivity index (χ4v) is 3.44. The lowest BCUT2D eigenvalue weighted by Gasteiger charge is -1.98. The lowest BCUT2D eigenvalue weighted by Crippen LogP contribution is -1.71. The molecule has 15 heavy (non-hydrogen) atoms. The van der Waals surface area contributed by atoms with Crippen molar-refractivity contribution >= 4 is 45.3 Å². The Hall–Kier alpha value is -0.580. The number of carbonyl (C=O) groups excluding carboxylic acids is 1. The quantitative estimate of drug-likeness (QED) is 0.778. The first kappa shape index (κ1) is 10.9. The minimum atomic E-state index is 0.771. The molecule has 0 radical (unpaired) electrons. The summed E-state index contributed by atoms with van der Waals surface area (Å²) in [6.45, 7) is 0. The fourth-order valence-electron chi connectivity index (χ4n) is 1.12. The van der Waals surface area contributed by atoms with Gasteiger partial charge in [-0.3, -0.25) is 4.79 Å². The third-order valence-electron chi connectivity index (χ3n) is 1.74. The molecule has 0 unspecified atom stereocenters. The zero-order valence-corrected chi connectivity index (χ0v) is 10.9. The maximum Gasteiger partial charge on any atom is 0.160 e. The number of aldehydes is 1. The van der Waals surface area contributed by atoms with Crippen LogP contribution in [0.3, 0.4) is 0 Å². The summed E-state index contributed by atoms with van der Waals surface area (Å²) in [5.74, 6) is 0. The van der Waals surface area contributed by atoms with Gasteiger partial charge in [0.25, 0.3) is 0 Å². The van der Waals surface area contributed by atoms with Crippen LogP contribution >= 0.6 is 39.0 Å². The summed E-state index contributed by atoms with van der Waals surface area (Å²) in [5.41, 5.74) is 0. The molecule has 0 saturated carbocycles. The van der Waals surface area contributed by atoms with Crippen molar-refractivity contribution in [3.05, 3.63) is 45.1 Å². The standard InChI is InChI=1S/C11H7BrOS2/c12-8-2-1-3-9(4-8)15-11-5-10(6-13)14-7-11/h1-7H. The van der Waals surface area contributed by atoms with Crippen LogP contribution in [0.25, 0.3) is 0 Å². The SMILES string of the molecule is O=Cc1cc(Sc2cccc(Br)c2)cs1. The van der Waals surface area contributed by atoms with Gasteiger partial charge in [-0.1, -0.05) is 33.8 Å². The van der Waals surface area contributed by atoms with Gasteiger partial charge in [0, 0.05) is 19.6 Å². The van der Waals surface area contributed by atoms with Crippen molar-refractivity contribution in [1.82, 2.24) is 0 Å². The molecule has 1 aromatic carbocycles. The monoisotopic (exact) mass is 298 g/mol. The first-order chi connectivity index (χ1) is 7.28. The first-order valence-electron chi connectivity index (χ1n) is 4.25. The van der Waals surface area contributed by atoms with Gasteiger partial charge in [-0.05, 0) is 24.3 Å². The van der Waals surface area contributed by atoms with E-state index >= 15 is 0 Å². The van der Waals surface area contributed by atoms with Crippen LogP contribution in [0.2, 0.25) is 0 Å². The average molecular weight is 299 g/mol. The Morgan fingerprint density at radius 2 is 2.13 bits per heavy atom. The predicted octanol–water partition coefficient (Wildman–Crippen LogP) is 4.47. The molecule has 1 nitrogen and oxygen atoms in total. The summed E-state index contributed by atoms with van der Waals surface area (Å²) < 4.78 is 1.07. The molecule has 76 valence electrons. The zero-order valence-electron chi connectivity index (χ0n) is 7.64. The van der Waals surface area contributed by atoms with E-state index in [4.69, 9.17) is 0 Å².